The quantitative estimate of drug-likeness (QED) is 0.689. The van der Waals surface area contributed by atoms with E-state index in [1.54, 1.807) is 0 Å². The summed E-state index contributed by atoms with van der Waals surface area (Å²) in [4.78, 5) is 24.8. The van der Waals surface area contributed by atoms with Crippen LogP contribution in [0.15, 0.2) is 42.5 Å². The van der Waals surface area contributed by atoms with Gasteiger partial charge in [0, 0.05) is 18.4 Å². The fraction of sp³-hybridized carbons (Fsp3) is 0.391. The van der Waals surface area contributed by atoms with E-state index < -0.39 is 5.54 Å². The van der Waals surface area contributed by atoms with Gasteiger partial charge in [-0.2, -0.15) is 0 Å². The van der Waals surface area contributed by atoms with E-state index in [-0.39, 0.29) is 31.3 Å². The molecule has 1 heterocycles. The maximum Gasteiger partial charge on any atom is 0.231 e. The summed E-state index contributed by atoms with van der Waals surface area (Å²) < 4.78 is 10.7. The van der Waals surface area contributed by atoms with Gasteiger partial charge in [0.2, 0.25) is 12.7 Å². The molecule has 0 saturated carbocycles. The zero-order valence-corrected chi connectivity index (χ0v) is 16.7. The number of nitrogens with one attached hydrogen (secondary N) is 1. The Morgan fingerprint density at radius 3 is 2.43 bits per heavy atom. The van der Waals surface area contributed by atoms with Gasteiger partial charge < -0.3 is 14.8 Å². The third kappa shape index (κ3) is 4.71. The maximum absolute atomic E-state index is 12.4. The molecule has 2 aromatic carbocycles. The first-order chi connectivity index (χ1) is 13.4. The van der Waals surface area contributed by atoms with Crippen molar-refractivity contribution in [2.24, 2.45) is 0 Å². The first kappa shape index (κ1) is 19.9. The van der Waals surface area contributed by atoms with Crippen LogP contribution >= 0.6 is 0 Å². The second kappa shape index (κ2) is 8.46. The molecule has 0 spiro atoms. The highest BCUT2D eigenvalue weighted by molar-refractivity contribution is 5.98. The second-order valence-corrected chi connectivity index (χ2v) is 7.61. The Bertz CT molecular complexity index is 855. The van der Waals surface area contributed by atoms with Crippen molar-refractivity contribution < 1.29 is 19.1 Å². The molecule has 0 radical (unpaired) electrons. The third-order valence-corrected chi connectivity index (χ3v) is 4.94. The Morgan fingerprint density at radius 2 is 1.71 bits per heavy atom. The van der Waals surface area contributed by atoms with Crippen molar-refractivity contribution >= 4 is 11.7 Å². The van der Waals surface area contributed by atoms with Crippen LogP contribution in [-0.2, 0) is 16.8 Å². The number of carbonyl (C=O) groups is 2. The van der Waals surface area contributed by atoms with E-state index in [1.165, 1.54) is 5.56 Å². The lowest BCUT2D eigenvalue weighted by Gasteiger charge is -2.27. The molecule has 1 aliphatic heterocycles. The van der Waals surface area contributed by atoms with Crippen LogP contribution in [0.25, 0.3) is 0 Å². The summed E-state index contributed by atoms with van der Waals surface area (Å²) >= 11 is 0. The zero-order chi connectivity index (χ0) is 20.1. The van der Waals surface area contributed by atoms with Crippen LogP contribution in [0.4, 0.5) is 0 Å². The molecule has 0 saturated heterocycles. The lowest BCUT2D eigenvalue weighted by atomic mass is 9.93. The van der Waals surface area contributed by atoms with Crippen molar-refractivity contribution in [3.05, 3.63) is 59.2 Å². The molecule has 2 aromatic rings. The topological polar surface area (TPSA) is 64.6 Å². The maximum atomic E-state index is 12.4. The van der Waals surface area contributed by atoms with Gasteiger partial charge >= 0.3 is 0 Å². The second-order valence-electron chi connectivity index (χ2n) is 7.61. The van der Waals surface area contributed by atoms with E-state index in [2.05, 4.69) is 12.2 Å². The summed E-state index contributed by atoms with van der Waals surface area (Å²) in [5.74, 6) is 1.22. The number of amides is 1. The van der Waals surface area contributed by atoms with Crippen molar-refractivity contribution in [1.29, 1.82) is 0 Å². The molecular formula is C23H27NO4. The molecule has 0 aliphatic carbocycles. The standard InChI is InChI=1S/C23H27NO4/c1-4-5-16-6-8-17(9-7-16)19(25)11-13-22(26)24-23(2,3)18-10-12-20-21(14-18)28-15-27-20/h6-10,12,14H,4-5,11,13,15H2,1-3H3,(H,24,26). The Morgan fingerprint density at radius 1 is 1.00 bits per heavy atom. The highest BCUT2D eigenvalue weighted by atomic mass is 16.7. The molecule has 5 heteroatoms. The molecule has 28 heavy (non-hydrogen) atoms. The molecular weight excluding hydrogens is 354 g/mol. The summed E-state index contributed by atoms with van der Waals surface area (Å²) in [6, 6.07) is 13.3. The molecule has 0 atom stereocenters. The number of ether oxygens (including phenoxy) is 2. The summed E-state index contributed by atoms with van der Waals surface area (Å²) in [5.41, 5.74) is 2.22. The lowest BCUT2D eigenvalue weighted by Crippen LogP contribution is -2.41. The van der Waals surface area contributed by atoms with Crippen LogP contribution < -0.4 is 14.8 Å². The number of rotatable bonds is 8. The zero-order valence-electron chi connectivity index (χ0n) is 16.7. The van der Waals surface area contributed by atoms with Crippen molar-refractivity contribution in [3.63, 3.8) is 0 Å². The van der Waals surface area contributed by atoms with Gasteiger partial charge in [0.15, 0.2) is 17.3 Å². The minimum Gasteiger partial charge on any atom is -0.454 e. The fourth-order valence-electron chi connectivity index (χ4n) is 3.29. The average molecular weight is 381 g/mol. The van der Waals surface area contributed by atoms with E-state index >= 15 is 0 Å². The summed E-state index contributed by atoms with van der Waals surface area (Å²) in [5, 5.41) is 3.01. The van der Waals surface area contributed by atoms with Gasteiger partial charge in [0.25, 0.3) is 0 Å². The Hall–Kier alpha value is -2.82. The number of hydrogen-bond donors (Lipinski definition) is 1. The number of aryl methyl sites for hydroxylation is 1. The Labute approximate surface area is 166 Å². The van der Waals surface area contributed by atoms with Gasteiger partial charge in [0.1, 0.15) is 0 Å². The summed E-state index contributed by atoms with van der Waals surface area (Å²) in [7, 11) is 0. The monoisotopic (exact) mass is 381 g/mol. The molecule has 0 bridgehead atoms. The molecule has 1 N–H and O–H groups in total. The number of ketones is 1. The van der Waals surface area contributed by atoms with E-state index in [9.17, 15) is 9.59 Å². The van der Waals surface area contributed by atoms with Crippen LogP contribution in [-0.4, -0.2) is 18.5 Å². The van der Waals surface area contributed by atoms with Gasteiger partial charge in [-0.25, -0.2) is 0 Å². The van der Waals surface area contributed by atoms with E-state index in [0.717, 1.165) is 18.4 Å². The summed E-state index contributed by atoms with van der Waals surface area (Å²) in [6.45, 7) is 6.20. The predicted octanol–water partition coefficient (Wildman–Crippen LogP) is 4.38. The van der Waals surface area contributed by atoms with Gasteiger partial charge in [-0.05, 0) is 43.5 Å². The van der Waals surface area contributed by atoms with Crippen molar-refractivity contribution in [3.8, 4) is 11.5 Å². The van der Waals surface area contributed by atoms with Crippen LogP contribution in [0.5, 0.6) is 11.5 Å². The van der Waals surface area contributed by atoms with Gasteiger partial charge in [-0.1, -0.05) is 43.7 Å². The van der Waals surface area contributed by atoms with Gasteiger partial charge in [-0.3, -0.25) is 9.59 Å². The smallest absolute Gasteiger partial charge is 0.231 e. The number of carbonyl (C=O) groups excluding carboxylic acids is 2. The van der Waals surface area contributed by atoms with Crippen LogP contribution in [0, 0.1) is 0 Å². The fourth-order valence-corrected chi connectivity index (χ4v) is 3.29. The molecule has 0 aromatic heterocycles. The number of benzene rings is 2. The van der Waals surface area contributed by atoms with Crippen molar-refractivity contribution in [2.45, 2.75) is 52.0 Å². The lowest BCUT2D eigenvalue weighted by molar-refractivity contribution is -0.122. The first-order valence-corrected chi connectivity index (χ1v) is 9.72. The molecule has 5 nitrogen and oxygen atoms in total. The van der Waals surface area contributed by atoms with Crippen LogP contribution in [0.1, 0.15) is 61.5 Å². The van der Waals surface area contributed by atoms with E-state index in [4.69, 9.17) is 9.47 Å². The van der Waals surface area contributed by atoms with Crippen molar-refractivity contribution in [2.75, 3.05) is 6.79 Å². The molecule has 1 aliphatic rings. The number of hydrogen-bond acceptors (Lipinski definition) is 4. The largest absolute Gasteiger partial charge is 0.454 e. The third-order valence-electron chi connectivity index (χ3n) is 4.94. The SMILES string of the molecule is CCCc1ccc(C(=O)CCC(=O)NC(C)(C)c2ccc3c(c2)OCO3)cc1. The molecule has 1 amide bonds. The van der Waals surface area contributed by atoms with Gasteiger partial charge in [-0.15, -0.1) is 0 Å². The molecule has 3 rings (SSSR count). The van der Waals surface area contributed by atoms with Crippen molar-refractivity contribution in [1.82, 2.24) is 5.32 Å². The number of Topliss-reactive ketones (excluding diaryl/α,β-unsaturated/α-hetero) is 1. The number of fused-ring (bicyclic) bond motifs is 1. The minimum atomic E-state index is -0.580. The minimum absolute atomic E-state index is 0.0147. The van der Waals surface area contributed by atoms with E-state index in [0.29, 0.717) is 17.1 Å². The Kier molecular flexibility index (Phi) is 6.02. The van der Waals surface area contributed by atoms with Crippen LogP contribution in [0.2, 0.25) is 0 Å². The Balaban J connectivity index is 1.55. The molecule has 0 unspecified atom stereocenters. The van der Waals surface area contributed by atoms with Gasteiger partial charge in [0.05, 0.1) is 5.54 Å². The summed E-state index contributed by atoms with van der Waals surface area (Å²) in [6.07, 6.45) is 2.43. The predicted molar refractivity (Wildman–Crippen MR) is 108 cm³/mol. The van der Waals surface area contributed by atoms with E-state index in [1.807, 2.05) is 56.3 Å². The highest BCUT2D eigenvalue weighted by Gasteiger charge is 2.25. The van der Waals surface area contributed by atoms with Crippen LogP contribution in [0.3, 0.4) is 0 Å². The molecule has 148 valence electrons. The highest BCUT2D eigenvalue weighted by Crippen LogP contribution is 2.35. The normalized spacial score (nSPS) is 12.7. The average Bonchev–Trinajstić information content (AvgIpc) is 3.14. The molecule has 0 fully saturated rings. The first-order valence-electron chi connectivity index (χ1n) is 9.72.